The van der Waals surface area contributed by atoms with Crippen molar-refractivity contribution >= 4 is 0 Å². The molecule has 0 unspecified atom stereocenters. The lowest BCUT2D eigenvalue weighted by Crippen LogP contribution is -2.25. The molecule has 1 aromatic carbocycles. The number of nitrogens with zero attached hydrogens (tertiary/aromatic N) is 1. The van der Waals surface area contributed by atoms with Crippen LogP contribution in [0.15, 0.2) is 36.4 Å². The van der Waals surface area contributed by atoms with Gasteiger partial charge in [0.05, 0.1) is 12.2 Å². The molecule has 2 aliphatic carbocycles. The van der Waals surface area contributed by atoms with Crippen LogP contribution in [0.3, 0.4) is 0 Å². The molecular weight excluding hydrogens is 318 g/mol. The zero-order valence-corrected chi connectivity index (χ0v) is 16.2. The van der Waals surface area contributed by atoms with Gasteiger partial charge < -0.3 is 4.74 Å². The third-order valence-corrected chi connectivity index (χ3v) is 6.44. The van der Waals surface area contributed by atoms with Crippen LogP contribution in [0.1, 0.15) is 75.3 Å². The Morgan fingerprint density at radius 3 is 2.31 bits per heavy atom. The summed E-state index contributed by atoms with van der Waals surface area (Å²) in [4.78, 5) is 0. The Labute approximate surface area is 159 Å². The van der Waals surface area contributed by atoms with Gasteiger partial charge in [0, 0.05) is 12.7 Å². The molecule has 2 saturated carbocycles. The molecule has 0 saturated heterocycles. The van der Waals surface area contributed by atoms with Crippen LogP contribution in [0.5, 0.6) is 0 Å². The molecule has 0 spiro atoms. The van der Waals surface area contributed by atoms with E-state index in [1.54, 1.807) is 6.08 Å². The maximum atomic E-state index is 8.64. The van der Waals surface area contributed by atoms with Crippen LogP contribution in [-0.2, 0) is 11.2 Å². The summed E-state index contributed by atoms with van der Waals surface area (Å²) in [6.45, 7) is 3.16. The van der Waals surface area contributed by atoms with Gasteiger partial charge in [0.1, 0.15) is 0 Å². The Balaban J connectivity index is 1.35. The summed E-state index contributed by atoms with van der Waals surface area (Å²) in [6, 6.07) is 11.4. The summed E-state index contributed by atoms with van der Waals surface area (Å²) in [5.74, 6) is 2.06. The average Bonchev–Trinajstić information content (AvgIpc) is 2.72. The van der Waals surface area contributed by atoms with E-state index in [4.69, 9.17) is 10.00 Å². The topological polar surface area (TPSA) is 33.0 Å². The van der Waals surface area contributed by atoms with Crippen LogP contribution in [0.2, 0.25) is 0 Å². The van der Waals surface area contributed by atoms with E-state index in [-0.39, 0.29) is 0 Å². The van der Waals surface area contributed by atoms with Crippen molar-refractivity contribution in [1.29, 1.82) is 5.26 Å². The minimum Gasteiger partial charge on any atom is -0.378 e. The van der Waals surface area contributed by atoms with Gasteiger partial charge in [-0.1, -0.05) is 37.3 Å². The summed E-state index contributed by atoms with van der Waals surface area (Å²) >= 11 is 0. The highest BCUT2D eigenvalue weighted by Gasteiger charge is 2.25. The van der Waals surface area contributed by atoms with Crippen molar-refractivity contribution in [1.82, 2.24) is 0 Å². The first-order valence-corrected chi connectivity index (χ1v) is 10.5. The van der Waals surface area contributed by atoms with E-state index in [1.165, 1.54) is 62.5 Å². The van der Waals surface area contributed by atoms with E-state index in [1.807, 2.05) is 0 Å². The Morgan fingerprint density at radius 1 is 1.00 bits per heavy atom. The number of allylic oxidation sites excluding steroid dienone is 2. The molecule has 0 bridgehead atoms. The fourth-order valence-corrected chi connectivity index (χ4v) is 4.59. The fraction of sp³-hybridized carbons (Fsp3) is 0.625. The van der Waals surface area contributed by atoms with Crippen LogP contribution in [-0.4, -0.2) is 12.7 Å². The molecule has 0 aromatic heterocycles. The minimum atomic E-state index is 0.470. The molecule has 2 nitrogen and oxygen atoms in total. The summed E-state index contributed by atoms with van der Waals surface area (Å²) < 4.78 is 6.29. The van der Waals surface area contributed by atoms with Crippen LogP contribution in [0.25, 0.3) is 0 Å². The number of rotatable bonds is 6. The lowest BCUT2D eigenvalue weighted by Gasteiger charge is -2.32. The van der Waals surface area contributed by atoms with Crippen molar-refractivity contribution in [2.45, 2.75) is 76.7 Å². The molecule has 2 fully saturated rings. The highest BCUT2D eigenvalue weighted by molar-refractivity contribution is 5.25. The van der Waals surface area contributed by atoms with Crippen molar-refractivity contribution < 1.29 is 4.74 Å². The largest absolute Gasteiger partial charge is 0.378 e. The van der Waals surface area contributed by atoms with E-state index in [9.17, 15) is 0 Å². The molecule has 0 amide bonds. The summed E-state index contributed by atoms with van der Waals surface area (Å²) in [5.41, 5.74) is 2.95. The van der Waals surface area contributed by atoms with Crippen molar-refractivity contribution in [2.24, 2.45) is 11.8 Å². The van der Waals surface area contributed by atoms with Crippen LogP contribution in [0, 0.1) is 23.2 Å². The van der Waals surface area contributed by atoms with E-state index in [2.05, 4.69) is 43.3 Å². The molecule has 0 aliphatic heterocycles. The Morgan fingerprint density at radius 2 is 1.69 bits per heavy atom. The Kier molecular flexibility index (Phi) is 7.32. The smallest absolute Gasteiger partial charge is 0.0908 e. The molecular formula is C24H33NO. The molecule has 3 rings (SSSR count). The van der Waals surface area contributed by atoms with Gasteiger partial charge in [-0.2, -0.15) is 5.26 Å². The predicted molar refractivity (Wildman–Crippen MR) is 107 cm³/mol. The maximum absolute atomic E-state index is 8.64. The summed E-state index contributed by atoms with van der Waals surface area (Å²) in [5, 5.41) is 8.64. The van der Waals surface area contributed by atoms with Gasteiger partial charge in [0.2, 0.25) is 0 Å². The first-order chi connectivity index (χ1) is 12.8. The number of hydrogen-bond donors (Lipinski definition) is 0. The van der Waals surface area contributed by atoms with Gasteiger partial charge in [0.25, 0.3) is 0 Å². The molecule has 0 N–H and O–H groups in total. The number of nitriles is 1. The van der Waals surface area contributed by atoms with E-state index in [0.717, 1.165) is 24.9 Å². The van der Waals surface area contributed by atoms with Gasteiger partial charge in [-0.3, -0.25) is 0 Å². The summed E-state index contributed by atoms with van der Waals surface area (Å²) in [6.07, 6.45) is 15.2. The zero-order valence-electron chi connectivity index (χ0n) is 16.2. The van der Waals surface area contributed by atoms with Gasteiger partial charge in [-0.15, -0.1) is 0 Å². The highest BCUT2D eigenvalue weighted by Crippen LogP contribution is 2.35. The standard InChI is InChI=1S/C24H33NO/c1-2-19-9-11-22(12-10-19)23-13-15-24(16-14-23)26-18-21-7-5-20(6-8-21)4-3-17-25/h3-4,9-12,20-21,23-24H,2,5-8,13-16,18H2,1H3. The lowest BCUT2D eigenvalue weighted by molar-refractivity contribution is -0.00337. The predicted octanol–water partition coefficient (Wildman–Crippen LogP) is 6.18. The SMILES string of the molecule is CCc1ccc(C2CCC(OCC3CCC(C=CC#N)CC3)CC2)cc1. The molecule has 1 aromatic rings. The Bertz CT molecular complexity index is 596. The molecule has 0 radical (unpaired) electrons. The molecule has 26 heavy (non-hydrogen) atoms. The number of benzene rings is 1. The second kappa shape index (κ2) is 9.93. The van der Waals surface area contributed by atoms with E-state index >= 15 is 0 Å². The second-order valence-electron chi connectivity index (χ2n) is 8.17. The van der Waals surface area contributed by atoms with E-state index < -0.39 is 0 Å². The van der Waals surface area contributed by atoms with Crippen molar-refractivity contribution in [3.8, 4) is 6.07 Å². The Hall–Kier alpha value is -1.59. The zero-order chi connectivity index (χ0) is 18.2. The van der Waals surface area contributed by atoms with Crippen LogP contribution < -0.4 is 0 Å². The molecule has 0 heterocycles. The number of ether oxygens (including phenoxy) is 1. The molecule has 2 heteroatoms. The minimum absolute atomic E-state index is 0.470. The normalized spacial score (nSPS) is 29.5. The molecule has 0 atom stereocenters. The first kappa shape index (κ1) is 19.2. The van der Waals surface area contributed by atoms with Crippen molar-refractivity contribution in [3.63, 3.8) is 0 Å². The number of aryl methyl sites for hydroxylation is 1. The molecule has 140 valence electrons. The third kappa shape index (κ3) is 5.45. The van der Waals surface area contributed by atoms with Gasteiger partial charge in [-0.25, -0.2) is 0 Å². The van der Waals surface area contributed by atoms with E-state index in [0.29, 0.717) is 12.0 Å². The third-order valence-electron chi connectivity index (χ3n) is 6.44. The van der Waals surface area contributed by atoms with Gasteiger partial charge >= 0.3 is 0 Å². The van der Waals surface area contributed by atoms with Gasteiger partial charge in [0.15, 0.2) is 0 Å². The van der Waals surface area contributed by atoms with Crippen molar-refractivity contribution in [3.05, 3.63) is 47.5 Å². The van der Waals surface area contributed by atoms with Gasteiger partial charge in [-0.05, 0) is 86.7 Å². The average molecular weight is 352 g/mol. The lowest BCUT2D eigenvalue weighted by atomic mass is 9.81. The second-order valence-corrected chi connectivity index (χ2v) is 8.17. The molecule has 2 aliphatic rings. The number of hydrogen-bond acceptors (Lipinski definition) is 2. The highest BCUT2D eigenvalue weighted by atomic mass is 16.5. The van der Waals surface area contributed by atoms with Crippen molar-refractivity contribution in [2.75, 3.05) is 6.61 Å². The first-order valence-electron chi connectivity index (χ1n) is 10.5. The van der Waals surface area contributed by atoms with Crippen LogP contribution in [0.4, 0.5) is 0 Å². The van der Waals surface area contributed by atoms with Crippen LogP contribution >= 0.6 is 0 Å². The monoisotopic (exact) mass is 351 g/mol. The maximum Gasteiger partial charge on any atom is 0.0908 e. The summed E-state index contributed by atoms with van der Waals surface area (Å²) in [7, 11) is 0. The quantitative estimate of drug-likeness (QED) is 0.573. The fourth-order valence-electron chi connectivity index (χ4n) is 4.59.